The number of nitrogens with zero attached hydrogens (tertiary/aromatic N) is 3. The molecule has 0 saturated carbocycles. The fourth-order valence-corrected chi connectivity index (χ4v) is 4.52. The molecular weight excluding hydrogens is 362 g/mol. The molecule has 5 nitrogen and oxygen atoms in total. The highest BCUT2D eigenvalue weighted by molar-refractivity contribution is 5.90. The quantitative estimate of drug-likeness (QED) is 0.874. The zero-order valence-electron chi connectivity index (χ0n) is 16.1. The second kappa shape index (κ2) is 7.99. The fraction of sp³-hybridized carbons (Fsp3) is 0.524. The lowest BCUT2D eigenvalue weighted by atomic mass is 9.83. The number of piperidine rings is 1. The van der Waals surface area contributed by atoms with Crippen LogP contribution in [-0.2, 0) is 6.54 Å². The molecule has 3 heterocycles. The van der Waals surface area contributed by atoms with E-state index in [1.807, 2.05) is 11.8 Å². The van der Waals surface area contributed by atoms with Crippen molar-refractivity contribution in [2.24, 2.45) is 11.8 Å². The summed E-state index contributed by atoms with van der Waals surface area (Å²) in [6, 6.07) is 4.37. The lowest BCUT2D eigenvalue weighted by molar-refractivity contribution is 0.0762. The molecule has 7 heteroatoms. The van der Waals surface area contributed by atoms with Gasteiger partial charge in [-0.25, -0.2) is 13.8 Å². The van der Waals surface area contributed by atoms with Crippen molar-refractivity contribution in [3.63, 3.8) is 0 Å². The van der Waals surface area contributed by atoms with Gasteiger partial charge in [-0.1, -0.05) is 12.1 Å². The molecule has 28 heavy (non-hydrogen) atoms. The highest BCUT2D eigenvalue weighted by Crippen LogP contribution is 2.32. The maximum Gasteiger partial charge on any atom is 0.289 e. The van der Waals surface area contributed by atoms with Gasteiger partial charge in [0, 0.05) is 37.1 Å². The number of rotatable bonds is 4. The Hall–Kier alpha value is -2.28. The van der Waals surface area contributed by atoms with E-state index in [0.717, 1.165) is 57.2 Å². The van der Waals surface area contributed by atoms with E-state index in [4.69, 9.17) is 0 Å². The van der Waals surface area contributed by atoms with Gasteiger partial charge in [0.05, 0.1) is 0 Å². The number of imidazole rings is 1. The first kappa shape index (κ1) is 19.1. The minimum absolute atomic E-state index is 0.0189. The van der Waals surface area contributed by atoms with Crippen LogP contribution >= 0.6 is 0 Å². The average molecular weight is 388 g/mol. The van der Waals surface area contributed by atoms with Gasteiger partial charge in [0.15, 0.2) is 17.5 Å². The number of H-pyrrole nitrogens is 1. The van der Waals surface area contributed by atoms with Crippen molar-refractivity contribution in [2.75, 3.05) is 26.2 Å². The fourth-order valence-electron chi connectivity index (χ4n) is 4.52. The van der Waals surface area contributed by atoms with Gasteiger partial charge in [0.2, 0.25) is 0 Å². The average Bonchev–Trinajstić information content (AvgIpc) is 3.35. The predicted octanol–water partition coefficient (Wildman–Crippen LogP) is 3.37. The number of hydrogen-bond donors (Lipinski definition) is 1. The minimum atomic E-state index is -0.783. The van der Waals surface area contributed by atoms with Crippen molar-refractivity contribution in [2.45, 2.75) is 32.7 Å². The van der Waals surface area contributed by atoms with Gasteiger partial charge >= 0.3 is 0 Å². The number of halogens is 2. The van der Waals surface area contributed by atoms with Crippen LogP contribution in [0.5, 0.6) is 0 Å². The maximum absolute atomic E-state index is 13.9. The molecule has 1 atom stereocenters. The SMILES string of the molecule is Cc1cnc(C(=O)N2CCC(C3CCN(Cc4cccc(F)c4F)CC3)C2)[nH]1. The Morgan fingerprint density at radius 2 is 1.93 bits per heavy atom. The molecule has 2 aliphatic rings. The maximum atomic E-state index is 13.9. The standard InChI is InChI=1S/C21H26F2N4O/c1-14-11-24-20(25-14)21(28)27-10-7-16(13-27)15-5-8-26(9-6-15)12-17-3-2-4-18(22)19(17)23/h2-4,11,15-16H,5-10,12-13H2,1H3,(H,24,25). The third-order valence-corrected chi connectivity index (χ3v) is 6.14. The Morgan fingerprint density at radius 3 is 2.64 bits per heavy atom. The molecule has 4 rings (SSSR count). The van der Waals surface area contributed by atoms with Crippen molar-refractivity contribution in [1.29, 1.82) is 0 Å². The number of amides is 1. The molecule has 0 spiro atoms. The molecule has 0 aliphatic carbocycles. The molecule has 2 aromatic rings. The highest BCUT2D eigenvalue weighted by atomic mass is 19.2. The summed E-state index contributed by atoms with van der Waals surface area (Å²) in [6.07, 6.45) is 4.76. The molecule has 1 aromatic carbocycles. The van der Waals surface area contributed by atoms with E-state index in [9.17, 15) is 13.6 Å². The van der Waals surface area contributed by atoms with Crippen LogP contribution in [0.2, 0.25) is 0 Å². The summed E-state index contributed by atoms with van der Waals surface area (Å²) in [5.41, 5.74) is 1.31. The molecule has 1 aromatic heterocycles. The summed E-state index contributed by atoms with van der Waals surface area (Å²) in [6.45, 7) is 5.65. The van der Waals surface area contributed by atoms with Crippen LogP contribution < -0.4 is 0 Å². The lowest BCUT2D eigenvalue weighted by Gasteiger charge is -2.34. The monoisotopic (exact) mass is 388 g/mol. The van der Waals surface area contributed by atoms with Crippen LogP contribution in [0.3, 0.4) is 0 Å². The van der Waals surface area contributed by atoms with Crippen molar-refractivity contribution >= 4 is 5.91 Å². The Kier molecular flexibility index (Phi) is 5.44. The number of likely N-dealkylation sites (tertiary alicyclic amines) is 2. The second-order valence-corrected chi connectivity index (χ2v) is 8.04. The molecule has 0 radical (unpaired) electrons. The van der Waals surface area contributed by atoms with E-state index in [-0.39, 0.29) is 5.91 Å². The first-order chi connectivity index (χ1) is 13.5. The molecule has 1 unspecified atom stereocenters. The van der Waals surface area contributed by atoms with Crippen molar-refractivity contribution in [3.05, 3.63) is 53.1 Å². The number of aromatic amines is 1. The number of benzene rings is 1. The predicted molar refractivity (Wildman–Crippen MR) is 102 cm³/mol. The van der Waals surface area contributed by atoms with E-state index >= 15 is 0 Å². The summed E-state index contributed by atoms with van der Waals surface area (Å²) in [7, 11) is 0. The molecule has 1 amide bonds. The Morgan fingerprint density at radius 1 is 1.18 bits per heavy atom. The van der Waals surface area contributed by atoms with Crippen LogP contribution in [0.15, 0.2) is 24.4 Å². The molecule has 2 saturated heterocycles. The summed E-state index contributed by atoms with van der Waals surface area (Å²) < 4.78 is 27.3. The molecule has 2 fully saturated rings. The Labute approximate surface area is 163 Å². The topological polar surface area (TPSA) is 52.2 Å². The van der Waals surface area contributed by atoms with Gasteiger partial charge in [-0.2, -0.15) is 0 Å². The number of aryl methyl sites for hydroxylation is 1. The van der Waals surface area contributed by atoms with Gasteiger partial charge in [-0.3, -0.25) is 9.69 Å². The van der Waals surface area contributed by atoms with E-state index in [0.29, 0.717) is 29.8 Å². The summed E-state index contributed by atoms with van der Waals surface area (Å²) >= 11 is 0. The molecule has 0 bridgehead atoms. The number of aromatic nitrogens is 2. The molecule has 150 valence electrons. The van der Waals surface area contributed by atoms with Crippen LogP contribution in [0.4, 0.5) is 8.78 Å². The summed E-state index contributed by atoms with van der Waals surface area (Å²) in [4.78, 5) is 23.8. The van der Waals surface area contributed by atoms with Crippen LogP contribution in [0.1, 0.15) is 41.1 Å². The van der Waals surface area contributed by atoms with E-state index in [1.165, 1.54) is 0 Å². The normalized spacial score (nSPS) is 21.4. The first-order valence-corrected chi connectivity index (χ1v) is 9.97. The molecule has 1 N–H and O–H groups in total. The van der Waals surface area contributed by atoms with E-state index in [1.54, 1.807) is 18.3 Å². The lowest BCUT2D eigenvalue weighted by Crippen LogP contribution is -2.37. The number of carbonyl (C=O) groups excluding carboxylic acids is 1. The molecular formula is C21H26F2N4O. The molecule has 2 aliphatic heterocycles. The van der Waals surface area contributed by atoms with Crippen molar-refractivity contribution < 1.29 is 13.6 Å². The summed E-state index contributed by atoms with van der Waals surface area (Å²) in [5, 5.41) is 0. The number of nitrogens with one attached hydrogen (secondary N) is 1. The Balaban J connectivity index is 1.28. The van der Waals surface area contributed by atoms with Crippen LogP contribution in [0, 0.1) is 30.4 Å². The first-order valence-electron chi connectivity index (χ1n) is 9.97. The van der Waals surface area contributed by atoms with Crippen LogP contribution in [0.25, 0.3) is 0 Å². The van der Waals surface area contributed by atoms with E-state index in [2.05, 4.69) is 14.9 Å². The Bertz CT molecular complexity index is 845. The zero-order valence-corrected chi connectivity index (χ0v) is 16.1. The smallest absolute Gasteiger partial charge is 0.289 e. The van der Waals surface area contributed by atoms with E-state index < -0.39 is 11.6 Å². The van der Waals surface area contributed by atoms with Gasteiger partial charge in [0.1, 0.15) is 0 Å². The van der Waals surface area contributed by atoms with Crippen LogP contribution in [-0.4, -0.2) is 51.9 Å². The third kappa shape index (κ3) is 3.94. The second-order valence-electron chi connectivity index (χ2n) is 8.04. The van der Waals surface area contributed by atoms with Gasteiger partial charge in [-0.05, 0) is 57.2 Å². The van der Waals surface area contributed by atoms with Gasteiger partial charge < -0.3 is 9.88 Å². The highest BCUT2D eigenvalue weighted by Gasteiger charge is 2.34. The third-order valence-electron chi connectivity index (χ3n) is 6.14. The van der Waals surface area contributed by atoms with Gasteiger partial charge in [0.25, 0.3) is 5.91 Å². The largest absolute Gasteiger partial charge is 0.338 e. The van der Waals surface area contributed by atoms with Crippen molar-refractivity contribution in [1.82, 2.24) is 19.8 Å². The number of carbonyl (C=O) groups is 1. The van der Waals surface area contributed by atoms with Gasteiger partial charge in [-0.15, -0.1) is 0 Å². The zero-order chi connectivity index (χ0) is 19.7. The number of hydrogen-bond acceptors (Lipinski definition) is 3. The summed E-state index contributed by atoms with van der Waals surface area (Å²) in [5.74, 6) is -0.0323. The van der Waals surface area contributed by atoms with Crippen molar-refractivity contribution in [3.8, 4) is 0 Å². The minimum Gasteiger partial charge on any atom is -0.338 e.